The third-order valence-electron chi connectivity index (χ3n) is 3.65. The molecule has 0 aliphatic carbocycles. The zero-order valence-electron chi connectivity index (χ0n) is 15.0. The van der Waals surface area contributed by atoms with Gasteiger partial charge in [0.05, 0.1) is 16.3 Å². The van der Waals surface area contributed by atoms with Gasteiger partial charge < -0.3 is 10.2 Å². The molecule has 0 saturated carbocycles. The quantitative estimate of drug-likeness (QED) is 0.736. The maximum absolute atomic E-state index is 13.2. The molecule has 2 amide bonds. The minimum absolute atomic E-state index is 0.0850. The van der Waals surface area contributed by atoms with Crippen molar-refractivity contribution in [1.82, 2.24) is 14.7 Å². The largest absolute Gasteiger partial charge is 0.435 e. The predicted molar refractivity (Wildman–Crippen MR) is 99.5 cm³/mol. The predicted octanol–water partition coefficient (Wildman–Crippen LogP) is 4.24. The molecule has 0 aliphatic heterocycles. The number of nitrogens with zero attached hydrogens (tertiary/aromatic N) is 3. The molecule has 1 aromatic heterocycles. The van der Waals surface area contributed by atoms with Crippen LogP contribution in [0.15, 0.2) is 24.4 Å². The van der Waals surface area contributed by atoms with Crippen LogP contribution in [0.4, 0.5) is 18.9 Å². The molecule has 28 heavy (non-hydrogen) atoms. The van der Waals surface area contributed by atoms with E-state index in [1.165, 1.54) is 25.2 Å². The topological polar surface area (TPSA) is 67.2 Å². The third kappa shape index (κ3) is 5.39. The number of amides is 2. The van der Waals surface area contributed by atoms with E-state index in [0.29, 0.717) is 11.4 Å². The Morgan fingerprint density at radius 1 is 1.29 bits per heavy atom. The first-order chi connectivity index (χ1) is 13.0. The van der Waals surface area contributed by atoms with E-state index in [2.05, 4.69) is 10.4 Å². The summed E-state index contributed by atoms with van der Waals surface area (Å²) in [7, 11) is 1.28. The number of halogens is 5. The standard InChI is InChI=1S/C17H17Cl2F3N4O2/c1-3-6-26(9-14(27)23-13-7-10(18)4-5-12(13)19)16(28)11-8-25(2)24-15(11)17(20,21)22/h4-5,7-8H,3,6,9H2,1-2H3,(H,23,27). The van der Waals surface area contributed by atoms with Gasteiger partial charge in [-0.2, -0.15) is 18.3 Å². The van der Waals surface area contributed by atoms with Gasteiger partial charge >= 0.3 is 6.18 Å². The highest BCUT2D eigenvalue weighted by atomic mass is 35.5. The number of hydrogen-bond donors (Lipinski definition) is 1. The molecular weight excluding hydrogens is 420 g/mol. The smallest absolute Gasteiger partial charge is 0.329 e. The van der Waals surface area contributed by atoms with Gasteiger partial charge in [0.2, 0.25) is 5.91 Å². The molecule has 152 valence electrons. The number of hydrogen-bond acceptors (Lipinski definition) is 3. The lowest BCUT2D eigenvalue weighted by atomic mass is 10.2. The van der Waals surface area contributed by atoms with Crippen LogP contribution in [0.5, 0.6) is 0 Å². The van der Waals surface area contributed by atoms with Gasteiger partial charge in [-0.3, -0.25) is 14.3 Å². The second-order valence-electron chi connectivity index (χ2n) is 5.96. The highest BCUT2D eigenvalue weighted by molar-refractivity contribution is 6.35. The van der Waals surface area contributed by atoms with Gasteiger partial charge in [-0.15, -0.1) is 0 Å². The summed E-state index contributed by atoms with van der Waals surface area (Å²) in [4.78, 5) is 26.0. The summed E-state index contributed by atoms with van der Waals surface area (Å²) in [6.07, 6.45) is -3.36. The van der Waals surface area contributed by atoms with Gasteiger partial charge in [-0.25, -0.2) is 0 Å². The number of carbonyl (C=O) groups is 2. The molecular formula is C17H17Cl2F3N4O2. The Balaban J connectivity index is 2.22. The van der Waals surface area contributed by atoms with E-state index < -0.39 is 35.8 Å². The van der Waals surface area contributed by atoms with Gasteiger partial charge in [0.15, 0.2) is 5.69 Å². The Morgan fingerprint density at radius 3 is 2.57 bits per heavy atom. The fourth-order valence-corrected chi connectivity index (χ4v) is 2.84. The highest BCUT2D eigenvalue weighted by Gasteiger charge is 2.40. The van der Waals surface area contributed by atoms with E-state index in [0.717, 1.165) is 15.8 Å². The molecule has 6 nitrogen and oxygen atoms in total. The van der Waals surface area contributed by atoms with Gasteiger partial charge in [0.25, 0.3) is 5.91 Å². The summed E-state index contributed by atoms with van der Waals surface area (Å²) < 4.78 is 40.4. The number of rotatable bonds is 6. The molecule has 0 fully saturated rings. The lowest BCUT2D eigenvalue weighted by Crippen LogP contribution is -2.39. The molecule has 11 heteroatoms. The maximum Gasteiger partial charge on any atom is 0.435 e. The molecule has 0 bridgehead atoms. The minimum Gasteiger partial charge on any atom is -0.329 e. The minimum atomic E-state index is -4.79. The van der Waals surface area contributed by atoms with Crippen LogP contribution in [0, 0.1) is 0 Å². The monoisotopic (exact) mass is 436 g/mol. The number of nitrogens with one attached hydrogen (secondary N) is 1. The van der Waals surface area contributed by atoms with Gasteiger partial charge in [-0.1, -0.05) is 30.1 Å². The molecule has 0 unspecified atom stereocenters. The molecule has 0 radical (unpaired) electrons. The van der Waals surface area contributed by atoms with Crippen LogP contribution in [0.25, 0.3) is 0 Å². The number of alkyl halides is 3. The Kier molecular flexibility index (Phi) is 6.95. The first-order valence-electron chi connectivity index (χ1n) is 8.18. The van der Waals surface area contributed by atoms with Crippen molar-refractivity contribution in [2.24, 2.45) is 7.05 Å². The first kappa shape index (κ1) is 22.0. The lowest BCUT2D eigenvalue weighted by Gasteiger charge is -2.22. The molecule has 0 spiro atoms. The first-order valence-corrected chi connectivity index (χ1v) is 8.93. The number of benzene rings is 1. The number of aryl methyl sites for hydroxylation is 1. The van der Waals surface area contributed by atoms with Crippen LogP contribution in [0.1, 0.15) is 29.4 Å². The van der Waals surface area contributed by atoms with E-state index >= 15 is 0 Å². The van der Waals surface area contributed by atoms with Crippen molar-refractivity contribution in [1.29, 1.82) is 0 Å². The Labute approximate surface area is 169 Å². The van der Waals surface area contributed by atoms with Crippen molar-refractivity contribution < 1.29 is 22.8 Å². The van der Waals surface area contributed by atoms with Crippen molar-refractivity contribution in [3.8, 4) is 0 Å². The Morgan fingerprint density at radius 2 is 1.96 bits per heavy atom. The number of anilines is 1. The zero-order valence-corrected chi connectivity index (χ0v) is 16.5. The summed E-state index contributed by atoms with van der Waals surface area (Å²) in [5, 5.41) is 6.40. The molecule has 1 heterocycles. The van der Waals surface area contributed by atoms with Crippen molar-refractivity contribution in [2.75, 3.05) is 18.4 Å². The van der Waals surface area contributed by atoms with Crippen molar-refractivity contribution in [2.45, 2.75) is 19.5 Å². The molecule has 1 N–H and O–H groups in total. The summed E-state index contributed by atoms with van der Waals surface area (Å²) in [5.41, 5.74) is -1.67. The Hall–Kier alpha value is -2.26. The summed E-state index contributed by atoms with van der Waals surface area (Å²) in [5.74, 6) is -1.56. The van der Waals surface area contributed by atoms with Crippen LogP contribution in [-0.4, -0.2) is 39.6 Å². The fraction of sp³-hybridized carbons (Fsp3) is 0.353. The van der Waals surface area contributed by atoms with E-state index in [-0.39, 0.29) is 17.3 Å². The van der Waals surface area contributed by atoms with Crippen molar-refractivity contribution in [3.63, 3.8) is 0 Å². The fourth-order valence-electron chi connectivity index (χ4n) is 2.50. The third-order valence-corrected chi connectivity index (χ3v) is 4.21. The average molecular weight is 437 g/mol. The van der Waals surface area contributed by atoms with E-state index in [9.17, 15) is 22.8 Å². The molecule has 0 aliphatic rings. The normalized spacial score (nSPS) is 11.4. The van der Waals surface area contributed by atoms with Crippen LogP contribution in [0.3, 0.4) is 0 Å². The molecule has 0 atom stereocenters. The SMILES string of the molecule is CCCN(CC(=O)Nc1cc(Cl)ccc1Cl)C(=O)c1cn(C)nc1C(F)(F)F. The number of aromatic nitrogens is 2. The summed E-state index contributed by atoms with van der Waals surface area (Å²) in [6, 6.07) is 4.45. The second kappa shape index (κ2) is 8.83. The number of carbonyl (C=O) groups excluding carboxylic acids is 2. The summed E-state index contributed by atoms with van der Waals surface area (Å²) in [6.45, 7) is 1.36. The summed E-state index contributed by atoms with van der Waals surface area (Å²) >= 11 is 11.8. The van der Waals surface area contributed by atoms with E-state index in [1.807, 2.05) is 0 Å². The van der Waals surface area contributed by atoms with E-state index in [4.69, 9.17) is 23.2 Å². The second-order valence-corrected chi connectivity index (χ2v) is 6.81. The van der Waals surface area contributed by atoms with Crippen LogP contribution in [-0.2, 0) is 18.0 Å². The van der Waals surface area contributed by atoms with Gasteiger partial charge in [0.1, 0.15) is 6.54 Å². The molecule has 2 rings (SSSR count). The average Bonchev–Trinajstić information content (AvgIpc) is 2.99. The lowest BCUT2D eigenvalue weighted by molar-refractivity contribution is -0.141. The highest BCUT2D eigenvalue weighted by Crippen LogP contribution is 2.31. The molecule has 1 aromatic carbocycles. The van der Waals surface area contributed by atoms with Gasteiger partial charge in [-0.05, 0) is 24.6 Å². The van der Waals surface area contributed by atoms with Crippen molar-refractivity contribution >= 4 is 40.7 Å². The van der Waals surface area contributed by atoms with Crippen LogP contribution in [0.2, 0.25) is 10.0 Å². The van der Waals surface area contributed by atoms with Crippen molar-refractivity contribution in [3.05, 3.63) is 45.7 Å². The zero-order chi connectivity index (χ0) is 21.1. The van der Waals surface area contributed by atoms with Gasteiger partial charge in [0, 0.05) is 24.8 Å². The Bertz CT molecular complexity index is 884. The van der Waals surface area contributed by atoms with E-state index in [1.54, 1.807) is 6.92 Å². The maximum atomic E-state index is 13.2. The molecule has 2 aromatic rings. The van der Waals surface area contributed by atoms with Crippen LogP contribution >= 0.6 is 23.2 Å². The van der Waals surface area contributed by atoms with Crippen LogP contribution < -0.4 is 5.32 Å². The molecule has 0 saturated heterocycles.